The molecule has 2 fully saturated rings. The molecule has 6 heteroatoms. The lowest BCUT2D eigenvalue weighted by atomic mass is 9.81. The van der Waals surface area contributed by atoms with Gasteiger partial charge in [-0.1, -0.05) is 6.07 Å². The molecule has 0 saturated carbocycles. The third-order valence-corrected chi connectivity index (χ3v) is 6.80. The number of amides is 2. The summed E-state index contributed by atoms with van der Waals surface area (Å²) in [5, 5.41) is 0. The first kappa shape index (κ1) is 19.9. The van der Waals surface area contributed by atoms with Crippen molar-refractivity contribution in [3.05, 3.63) is 28.8 Å². The number of carbonyl (C=O) groups is 3. The third-order valence-electron chi connectivity index (χ3n) is 6.80. The summed E-state index contributed by atoms with van der Waals surface area (Å²) in [6.07, 6.45) is 3.23. The molecule has 3 aliphatic heterocycles. The number of aryl methyl sites for hydroxylation is 2. The van der Waals surface area contributed by atoms with Gasteiger partial charge >= 0.3 is 0 Å². The highest BCUT2D eigenvalue weighted by molar-refractivity contribution is 6.01. The van der Waals surface area contributed by atoms with E-state index in [-0.39, 0.29) is 23.5 Å². The number of nitrogens with zero attached hydrogens (tertiary/aromatic N) is 2. The van der Waals surface area contributed by atoms with E-state index < -0.39 is 5.60 Å². The van der Waals surface area contributed by atoms with E-state index in [0.29, 0.717) is 51.0 Å². The van der Waals surface area contributed by atoms with Crippen LogP contribution in [0.5, 0.6) is 5.75 Å². The molecule has 3 aliphatic rings. The van der Waals surface area contributed by atoms with Crippen LogP contribution >= 0.6 is 0 Å². The second kappa shape index (κ2) is 7.47. The zero-order valence-electron chi connectivity index (χ0n) is 17.6. The van der Waals surface area contributed by atoms with E-state index in [4.69, 9.17) is 4.74 Å². The van der Waals surface area contributed by atoms with Crippen molar-refractivity contribution in [3.63, 3.8) is 0 Å². The summed E-state index contributed by atoms with van der Waals surface area (Å²) in [4.78, 5) is 41.0. The average molecular weight is 399 g/mol. The largest absolute Gasteiger partial charge is 0.486 e. The number of hydrogen-bond donors (Lipinski definition) is 0. The van der Waals surface area contributed by atoms with Crippen LogP contribution < -0.4 is 4.74 Å². The number of benzene rings is 1. The van der Waals surface area contributed by atoms with Crippen LogP contribution in [-0.4, -0.2) is 59.2 Å². The minimum absolute atomic E-state index is 0.000461. The number of likely N-dealkylation sites (tertiary alicyclic amines) is 2. The quantitative estimate of drug-likeness (QED) is 0.730. The van der Waals surface area contributed by atoms with Crippen molar-refractivity contribution in [1.29, 1.82) is 0 Å². The molecule has 0 unspecified atom stereocenters. The minimum Gasteiger partial charge on any atom is -0.486 e. The van der Waals surface area contributed by atoms with Crippen LogP contribution in [0.1, 0.15) is 60.5 Å². The van der Waals surface area contributed by atoms with Crippen LogP contribution in [-0.2, 0) is 9.59 Å². The topological polar surface area (TPSA) is 66.9 Å². The highest BCUT2D eigenvalue weighted by Gasteiger charge is 2.44. The molecule has 1 aromatic carbocycles. The lowest BCUT2D eigenvalue weighted by Crippen LogP contribution is -2.54. The molecule has 2 saturated heterocycles. The molecule has 0 radical (unpaired) electrons. The Morgan fingerprint density at radius 1 is 1.03 bits per heavy atom. The van der Waals surface area contributed by atoms with Gasteiger partial charge < -0.3 is 14.5 Å². The van der Waals surface area contributed by atoms with Crippen LogP contribution in [0.25, 0.3) is 0 Å². The summed E-state index contributed by atoms with van der Waals surface area (Å²) in [6, 6.07) is 3.97. The first-order valence-electron chi connectivity index (χ1n) is 10.7. The predicted octanol–water partition coefficient (Wildman–Crippen LogP) is 2.89. The van der Waals surface area contributed by atoms with Gasteiger partial charge in [0.25, 0.3) is 0 Å². The van der Waals surface area contributed by atoms with E-state index in [1.807, 2.05) is 29.7 Å². The number of rotatable bonds is 1. The second-order valence-electron chi connectivity index (χ2n) is 8.95. The Bertz CT molecular complexity index is 847. The summed E-state index contributed by atoms with van der Waals surface area (Å²) < 4.78 is 6.43. The Kier molecular flexibility index (Phi) is 5.13. The Balaban J connectivity index is 1.40. The first-order valence-corrected chi connectivity index (χ1v) is 10.7. The van der Waals surface area contributed by atoms with E-state index in [0.717, 1.165) is 29.7 Å². The van der Waals surface area contributed by atoms with E-state index >= 15 is 0 Å². The van der Waals surface area contributed by atoms with Crippen LogP contribution in [0.2, 0.25) is 0 Å². The fourth-order valence-electron chi connectivity index (χ4n) is 5.05. The Hall–Kier alpha value is -2.37. The Morgan fingerprint density at radius 3 is 2.31 bits per heavy atom. The van der Waals surface area contributed by atoms with Crippen molar-refractivity contribution in [3.8, 4) is 5.75 Å². The normalized spacial score (nSPS) is 21.7. The molecule has 4 rings (SSSR count). The molecule has 0 aliphatic carbocycles. The van der Waals surface area contributed by atoms with Crippen molar-refractivity contribution in [2.45, 2.75) is 58.5 Å². The van der Waals surface area contributed by atoms with Gasteiger partial charge in [-0.05, 0) is 43.9 Å². The van der Waals surface area contributed by atoms with Gasteiger partial charge in [-0.15, -0.1) is 0 Å². The fraction of sp³-hybridized carbons (Fsp3) is 0.609. The van der Waals surface area contributed by atoms with E-state index in [1.165, 1.54) is 0 Å². The molecule has 29 heavy (non-hydrogen) atoms. The minimum atomic E-state index is -0.487. The molecule has 1 spiro atoms. The molecule has 2 amide bonds. The average Bonchev–Trinajstić information content (AvgIpc) is 2.69. The lowest BCUT2D eigenvalue weighted by Gasteiger charge is -2.45. The van der Waals surface area contributed by atoms with E-state index in [1.54, 1.807) is 6.92 Å². The number of piperidine rings is 2. The number of ether oxygens (including phenoxy) is 1. The molecule has 0 aromatic heterocycles. The lowest BCUT2D eigenvalue weighted by molar-refractivity contribution is -0.143. The SMILES string of the molecule is CC(=O)N1CCC(C(=O)N2CCC3(CC2)CC(=O)c2cc(C)cc(C)c2O3)CC1. The number of carbonyl (C=O) groups excluding carboxylic acids is 3. The third kappa shape index (κ3) is 3.77. The van der Waals surface area contributed by atoms with Gasteiger partial charge in [-0.3, -0.25) is 14.4 Å². The highest BCUT2D eigenvalue weighted by Crippen LogP contribution is 2.41. The van der Waals surface area contributed by atoms with E-state index in [9.17, 15) is 14.4 Å². The molecule has 0 atom stereocenters. The van der Waals surface area contributed by atoms with Gasteiger partial charge in [0.15, 0.2) is 5.78 Å². The van der Waals surface area contributed by atoms with Crippen LogP contribution in [0.3, 0.4) is 0 Å². The molecule has 6 nitrogen and oxygen atoms in total. The van der Waals surface area contributed by atoms with Crippen molar-refractivity contribution < 1.29 is 19.1 Å². The standard InChI is InChI=1S/C23H30N2O4/c1-15-12-16(2)21-19(13-15)20(27)14-23(29-21)6-10-25(11-7-23)22(28)18-4-8-24(9-5-18)17(3)26/h12-13,18H,4-11,14H2,1-3H3. The van der Waals surface area contributed by atoms with Gasteiger partial charge in [0, 0.05) is 51.9 Å². The fourth-order valence-corrected chi connectivity index (χ4v) is 5.05. The van der Waals surface area contributed by atoms with Crippen LogP contribution in [0.15, 0.2) is 12.1 Å². The molecule has 156 valence electrons. The summed E-state index contributed by atoms with van der Waals surface area (Å²) in [5.41, 5.74) is 2.29. The summed E-state index contributed by atoms with van der Waals surface area (Å²) in [6.45, 7) is 8.14. The number of fused-ring (bicyclic) bond motifs is 1. The zero-order valence-corrected chi connectivity index (χ0v) is 17.6. The number of hydrogen-bond acceptors (Lipinski definition) is 4. The Labute approximate surface area is 172 Å². The maximum absolute atomic E-state index is 13.0. The van der Waals surface area contributed by atoms with Crippen molar-refractivity contribution in [2.75, 3.05) is 26.2 Å². The van der Waals surface area contributed by atoms with Crippen molar-refractivity contribution >= 4 is 17.6 Å². The van der Waals surface area contributed by atoms with Gasteiger partial charge in [0.2, 0.25) is 11.8 Å². The smallest absolute Gasteiger partial charge is 0.225 e. The predicted molar refractivity (Wildman–Crippen MR) is 109 cm³/mol. The van der Waals surface area contributed by atoms with Crippen LogP contribution in [0.4, 0.5) is 0 Å². The van der Waals surface area contributed by atoms with Gasteiger partial charge in [0.05, 0.1) is 12.0 Å². The highest BCUT2D eigenvalue weighted by atomic mass is 16.5. The van der Waals surface area contributed by atoms with Crippen molar-refractivity contribution in [2.24, 2.45) is 5.92 Å². The van der Waals surface area contributed by atoms with Crippen molar-refractivity contribution in [1.82, 2.24) is 9.80 Å². The maximum atomic E-state index is 13.0. The molecule has 3 heterocycles. The summed E-state index contributed by atoms with van der Waals surface area (Å²) in [7, 11) is 0. The van der Waals surface area contributed by atoms with Gasteiger partial charge in [0.1, 0.15) is 11.4 Å². The van der Waals surface area contributed by atoms with Crippen LogP contribution in [0, 0.1) is 19.8 Å². The van der Waals surface area contributed by atoms with Gasteiger partial charge in [-0.2, -0.15) is 0 Å². The molecule has 0 N–H and O–H groups in total. The number of Topliss-reactive ketones (excluding diaryl/α,β-unsaturated/α-hetero) is 1. The zero-order chi connectivity index (χ0) is 20.8. The molecule has 1 aromatic rings. The molecular formula is C23H30N2O4. The maximum Gasteiger partial charge on any atom is 0.225 e. The Morgan fingerprint density at radius 2 is 1.69 bits per heavy atom. The van der Waals surface area contributed by atoms with Gasteiger partial charge in [-0.25, -0.2) is 0 Å². The monoisotopic (exact) mass is 398 g/mol. The van der Waals surface area contributed by atoms with E-state index in [2.05, 4.69) is 6.07 Å². The summed E-state index contributed by atoms with van der Waals surface area (Å²) in [5.74, 6) is 1.15. The number of ketones is 1. The molecule has 0 bridgehead atoms. The molecular weight excluding hydrogens is 368 g/mol. The summed E-state index contributed by atoms with van der Waals surface area (Å²) >= 11 is 0. The first-order chi connectivity index (χ1) is 13.8. The second-order valence-corrected chi connectivity index (χ2v) is 8.95.